The maximum atomic E-state index is 5.42. The number of hydrogen-bond acceptors (Lipinski definition) is 8. The highest BCUT2D eigenvalue weighted by Crippen LogP contribution is 2.39. The number of benzene rings is 4. The van der Waals surface area contributed by atoms with Crippen LogP contribution in [-0.4, -0.2) is 72.4 Å². The average molecular weight is 587 g/mol. The number of aromatic nitrogens is 6. The van der Waals surface area contributed by atoms with Crippen LogP contribution in [0.4, 0.5) is 11.4 Å². The fraction of sp³-hybridized carbons (Fsp3) is 0.176. The van der Waals surface area contributed by atoms with E-state index in [1.807, 2.05) is 86.1 Å². The summed E-state index contributed by atoms with van der Waals surface area (Å²) in [5.41, 5.74) is 8.56. The molecule has 2 heterocycles. The first-order chi connectivity index (χ1) is 21.4. The minimum Gasteiger partial charge on any atom is -0.497 e. The second kappa shape index (κ2) is 11.9. The molecule has 6 rings (SSSR count). The normalized spacial score (nSPS) is 11.0. The van der Waals surface area contributed by atoms with Crippen molar-refractivity contribution in [2.24, 2.45) is 0 Å². The minimum absolute atomic E-state index is 0.703. The third kappa shape index (κ3) is 5.33. The summed E-state index contributed by atoms with van der Waals surface area (Å²) >= 11 is 0. The molecule has 4 aromatic carbocycles. The Morgan fingerprint density at radius 3 is 1.11 bits per heavy atom. The Bertz CT molecular complexity index is 1720. The molecule has 10 nitrogen and oxygen atoms in total. The van der Waals surface area contributed by atoms with Gasteiger partial charge in [0, 0.05) is 50.7 Å². The lowest BCUT2D eigenvalue weighted by Crippen LogP contribution is -2.08. The topological polar surface area (TPSA) is 86.4 Å². The van der Waals surface area contributed by atoms with Gasteiger partial charge in [-0.25, -0.2) is 9.36 Å². The molecule has 0 fully saturated rings. The molecule has 0 spiro atoms. The van der Waals surface area contributed by atoms with Gasteiger partial charge in [0.1, 0.15) is 34.3 Å². The first-order valence-electron chi connectivity index (χ1n) is 14.1. The van der Waals surface area contributed by atoms with Crippen LogP contribution in [0.3, 0.4) is 0 Å². The highest BCUT2D eigenvalue weighted by molar-refractivity contribution is 5.87. The number of nitrogens with zero attached hydrogens (tertiary/aromatic N) is 8. The smallest absolute Gasteiger partial charge is 0.123 e. The second-order valence-corrected chi connectivity index (χ2v) is 10.7. The van der Waals surface area contributed by atoms with Crippen molar-refractivity contribution >= 4 is 11.4 Å². The van der Waals surface area contributed by atoms with Crippen LogP contribution in [-0.2, 0) is 0 Å². The van der Waals surface area contributed by atoms with Gasteiger partial charge >= 0.3 is 0 Å². The third-order valence-corrected chi connectivity index (χ3v) is 7.51. The van der Waals surface area contributed by atoms with Crippen LogP contribution in [0.15, 0.2) is 97.1 Å². The van der Waals surface area contributed by atoms with Crippen molar-refractivity contribution in [2.75, 3.05) is 52.2 Å². The minimum atomic E-state index is 0.703. The Morgan fingerprint density at radius 2 is 0.818 bits per heavy atom. The van der Waals surface area contributed by atoms with E-state index in [1.165, 1.54) is 0 Å². The lowest BCUT2D eigenvalue weighted by Gasteiger charge is -2.15. The predicted molar refractivity (Wildman–Crippen MR) is 174 cm³/mol. The number of hydrogen-bond donors (Lipinski definition) is 0. The van der Waals surface area contributed by atoms with E-state index in [2.05, 4.69) is 68.8 Å². The van der Waals surface area contributed by atoms with Crippen molar-refractivity contribution < 1.29 is 9.47 Å². The highest BCUT2D eigenvalue weighted by Gasteiger charge is 2.27. The van der Waals surface area contributed by atoms with Crippen LogP contribution >= 0.6 is 0 Å². The van der Waals surface area contributed by atoms with E-state index in [4.69, 9.17) is 19.7 Å². The van der Waals surface area contributed by atoms with E-state index in [0.717, 1.165) is 56.8 Å². The summed E-state index contributed by atoms with van der Waals surface area (Å²) in [6, 6.07) is 32.0. The van der Waals surface area contributed by atoms with Crippen molar-refractivity contribution in [3.63, 3.8) is 0 Å². The standard InChI is InChI=1S/C34H34N8O2/c1-39(2)25-11-7-23(8-12-25)31-33(41(37-35-31)27-15-19-29(43-5)20-16-27)34-32(24-9-13-26(14-10-24)40(3)4)36-38-42(34)28-17-21-30(44-6)22-18-28/h7-22H,1-6H3. The molecule has 0 atom stereocenters. The molecule has 44 heavy (non-hydrogen) atoms. The van der Waals surface area contributed by atoms with Gasteiger partial charge in [-0.1, -0.05) is 34.7 Å². The zero-order chi connectivity index (χ0) is 30.8. The molecule has 0 N–H and O–H groups in total. The van der Waals surface area contributed by atoms with Gasteiger partial charge in [-0.2, -0.15) is 0 Å². The van der Waals surface area contributed by atoms with Gasteiger partial charge in [0.2, 0.25) is 0 Å². The van der Waals surface area contributed by atoms with Gasteiger partial charge in [-0.3, -0.25) is 0 Å². The van der Waals surface area contributed by atoms with Crippen LogP contribution in [0.5, 0.6) is 11.5 Å². The quantitative estimate of drug-likeness (QED) is 0.204. The molecule has 0 aliphatic heterocycles. The van der Waals surface area contributed by atoms with Crippen molar-refractivity contribution in [1.29, 1.82) is 0 Å². The number of methoxy groups -OCH3 is 2. The molecule has 0 aliphatic carbocycles. The van der Waals surface area contributed by atoms with Crippen molar-refractivity contribution in [3.8, 4) is 56.8 Å². The van der Waals surface area contributed by atoms with Gasteiger partial charge in [-0.05, 0) is 72.8 Å². The summed E-state index contributed by atoms with van der Waals surface area (Å²) in [6.45, 7) is 0. The zero-order valence-corrected chi connectivity index (χ0v) is 25.6. The molecule has 2 aromatic heterocycles. The Labute approximate surface area is 256 Å². The predicted octanol–water partition coefficient (Wildman–Crippen LogP) is 6.00. The average Bonchev–Trinajstić information content (AvgIpc) is 3.69. The van der Waals surface area contributed by atoms with Crippen molar-refractivity contribution in [1.82, 2.24) is 30.0 Å². The lowest BCUT2D eigenvalue weighted by molar-refractivity contribution is 0.414. The lowest BCUT2D eigenvalue weighted by atomic mass is 10.0. The summed E-state index contributed by atoms with van der Waals surface area (Å²) in [6.07, 6.45) is 0. The summed E-state index contributed by atoms with van der Waals surface area (Å²) < 4.78 is 14.5. The first-order valence-corrected chi connectivity index (χ1v) is 14.1. The Balaban J connectivity index is 1.63. The van der Waals surface area contributed by atoms with E-state index < -0.39 is 0 Å². The van der Waals surface area contributed by atoms with Crippen LogP contribution < -0.4 is 19.3 Å². The summed E-state index contributed by atoms with van der Waals surface area (Å²) in [7, 11) is 11.4. The Morgan fingerprint density at radius 1 is 0.477 bits per heavy atom. The number of rotatable bonds is 9. The molecule has 0 bridgehead atoms. The first kappa shape index (κ1) is 28.5. The largest absolute Gasteiger partial charge is 0.497 e. The molecule has 0 aliphatic rings. The molecule has 10 heteroatoms. The van der Waals surface area contributed by atoms with E-state index in [9.17, 15) is 0 Å². The zero-order valence-electron chi connectivity index (χ0n) is 25.6. The SMILES string of the molecule is COc1ccc(-n2nnc(-c3ccc(N(C)C)cc3)c2-c2c(-c3ccc(N(C)C)cc3)nnn2-c2ccc(OC)cc2)cc1. The van der Waals surface area contributed by atoms with E-state index in [0.29, 0.717) is 11.4 Å². The van der Waals surface area contributed by atoms with E-state index in [-0.39, 0.29) is 0 Å². The van der Waals surface area contributed by atoms with E-state index in [1.54, 1.807) is 14.2 Å². The molecule has 6 aromatic rings. The van der Waals surface area contributed by atoms with Gasteiger partial charge in [0.05, 0.1) is 25.6 Å². The van der Waals surface area contributed by atoms with Gasteiger partial charge in [-0.15, -0.1) is 10.2 Å². The van der Waals surface area contributed by atoms with Crippen molar-refractivity contribution in [2.45, 2.75) is 0 Å². The summed E-state index contributed by atoms with van der Waals surface area (Å²) in [4.78, 5) is 4.13. The molecule has 0 amide bonds. The molecule has 0 radical (unpaired) electrons. The molecule has 222 valence electrons. The molecular weight excluding hydrogens is 552 g/mol. The number of ether oxygens (including phenoxy) is 2. The second-order valence-electron chi connectivity index (χ2n) is 10.7. The number of anilines is 2. The Kier molecular flexibility index (Phi) is 7.72. The van der Waals surface area contributed by atoms with Crippen LogP contribution in [0.1, 0.15) is 0 Å². The van der Waals surface area contributed by atoms with Crippen LogP contribution in [0.2, 0.25) is 0 Å². The van der Waals surface area contributed by atoms with E-state index >= 15 is 0 Å². The van der Waals surface area contributed by atoms with Gasteiger partial charge < -0.3 is 19.3 Å². The molecule has 0 saturated carbocycles. The van der Waals surface area contributed by atoms with Crippen molar-refractivity contribution in [3.05, 3.63) is 97.1 Å². The maximum Gasteiger partial charge on any atom is 0.123 e. The summed E-state index contributed by atoms with van der Waals surface area (Å²) in [5.74, 6) is 1.50. The fourth-order valence-corrected chi connectivity index (χ4v) is 5.02. The Hall–Kier alpha value is -5.64. The van der Waals surface area contributed by atoms with Crippen LogP contribution in [0, 0.1) is 0 Å². The highest BCUT2D eigenvalue weighted by atomic mass is 16.5. The summed E-state index contributed by atoms with van der Waals surface area (Å²) in [5, 5.41) is 18.9. The van der Waals surface area contributed by atoms with Gasteiger partial charge in [0.25, 0.3) is 0 Å². The third-order valence-electron chi connectivity index (χ3n) is 7.51. The monoisotopic (exact) mass is 586 g/mol. The van der Waals surface area contributed by atoms with Gasteiger partial charge in [0.15, 0.2) is 0 Å². The molecule has 0 saturated heterocycles. The van der Waals surface area contributed by atoms with Crippen LogP contribution in [0.25, 0.3) is 45.3 Å². The fourth-order valence-electron chi connectivity index (χ4n) is 5.02. The molecular formula is C34H34N8O2. The maximum absolute atomic E-state index is 5.42. The molecule has 0 unspecified atom stereocenters.